The molecule has 0 spiro atoms. The lowest BCUT2D eigenvalue weighted by molar-refractivity contribution is 0.135. The SMILES string of the molecule is COc1cc(NCC(O)CN2CCCC2)c(OC)cc1Cl. The van der Waals surface area contributed by atoms with Crippen molar-refractivity contribution in [3.05, 3.63) is 17.2 Å². The number of hydrogen-bond donors (Lipinski definition) is 2. The molecule has 0 saturated carbocycles. The maximum atomic E-state index is 10.1. The van der Waals surface area contributed by atoms with Crippen molar-refractivity contribution in [1.29, 1.82) is 0 Å². The first-order valence-electron chi connectivity index (χ1n) is 7.20. The van der Waals surface area contributed by atoms with Gasteiger partial charge in [-0.05, 0) is 25.9 Å². The average molecular weight is 315 g/mol. The predicted molar refractivity (Wildman–Crippen MR) is 84.7 cm³/mol. The highest BCUT2D eigenvalue weighted by Crippen LogP contribution is 2.35. The van der Waals surface area contributed by atoms with Gasteiger partial charge < -0.3 is 24.8 Å². The van der Waals surface area contributed by atoms with Crippen LogP contribution < -0.4 is 14.8 Å². The second-order valence-electron chi connectivity index (χ2n) is 5.23. The van der Waals surface area contributed by atoms with Crippen LogP contribution >= 0.6 is 11.6 Å². The van der Waals surface area contributed by atoms with Gasteiger partial charge in [-0.2, -0.15) is 0 Å². The fourth-order valence-electron chi connectivity index (χ4n) is 2.55. The third kappa shape index (κ3) is 4.40. The molecule has 0 aliphatic carbocycles. The minimum atomic E-state index is -0.422. The fraction of sp³-hybridized carbons (Fsp3) is 0.600. The van der Waals surface area contributed by atoms with Crippen LogP contribution in [-0.2, 0) is 0 Å². The summed E-state index contributed by atoms with van der Waals surface area (Å²) in [7, 11) is 3.16. The molecule has 1 fully saturated rings. The van der Waals surface area contributed by atoms with Gasteiger partial charge in [0.05, 0.1) is 31.0 Å². The first kappa shape index (κ1) is 16.2. The molecular formula is C15H23ClN2O3. The van der Waals surface area contributed by atoms with Crippen molar-refractivity contribution in [2.75, 3.05) is 45.7 Å². The number of aliphatic hydroxyl groups is 1. The zero-order valence-corrected chi connectivity index (χ0v) is 13.3. The van der Waals surface area contributed by atoms with Crippen LogP contribution in [0.15, 0.2) is 12.1 Å². The number of anilines is 1. The maximum absolute atomic E-state index is 10.1. The lowest BCUT2D eigenvalue weighted by atomic mass is 10.2. The monoisotopic (exact) mass is 314 g/mol. The molecule has 1 unspecified atom stereocenters. The van der Waals surface area contributed by atoms with Gasteiger partial charge in [0.1, 0.15) is 11.5 Å². The van der Waals surface area contributed by atoms with E-state index in [0.29, 0.717) is 29.6 Å². The van der Waals surface area contributed by atoms with Crippen LogP contribution in [0.3, 0.4) is 0 Å². The largest absolute Gasteiger partial charge is 0.495 e. The summed E-state index contributed by atoms with van der Waals surface area (Å²) in [6.45, 7) is 3.31. The summed E-state index contributed by atoms with van der Waals surface area (Å²) < 4.78 is 10.5. The third-order valence-corrected chi connectivity index (χ3v) is 3.97. The number of halogens is 1. The van der Waals surface area contributed by atoms with Gasteiger partial charge in [-0.15, -0.1) is 0 Å². The second-order valence-corrected chi connectivity index (χ2v) is 5.64. The second kappa shape index (κ2) is 7.73. The topological polar surface area (TPSA) is 54.0 Å². The van der Waals surface area contributed by atoms with Crippen molar-refractivity contribution in [3.63, 3.8) is 0 Å². The first-order valence-corrected chi connectivity index (χ1v) is 7.57. The summed E-state index contributed by atoms with van der Waals surface area (Å²) >= 11 is 6.07. The minimum absolute atomic E-state index is 0.422. The van der Waals surface area contributed by atoms with Gasteiger partial charge in [0.15, 0.2) is 0 Å². The van der Waals surface area contributed by atoms with Crippen molar-refractivity contribution in [3.8, 4) is 11.5 Å². The zero-order chi connectivity index (χ0) is 15.2. The van der Waals surface area contributed by atoms with E-state index in [0.717, 1.165) is 18.8 Å². The summed E-state index contributed by atoms with van der Waals surface area (Å²) in [5.74, 6) is 1.21. The van der Waals surface area contributed by atoms with Crippen LogP contribution in [0.25, 0.3) is 0 Å². The van der Waals surface area contributed by atoms with Gasteiger partial charge in [0.25, 0.3) is 0 Å². The molecule has 21 heavy (non-hydrogen) atoms. The third-order valence-electron chi connectivity index (χ3n) is 3.67. The van der Waals surface area contributed by atoms with E-state index in [1.54, 1.807) is 26.4 Å². The van der Waals surface area contributed by atoms with E-state index in [9.17, 15) is 5.11 Å². The molecule has 1 aliphatic rings. The molecule has 1 aromatic carbocycles. The maximum Gasteiger partial charge on any atom is 0.143 e. The predicted octanol–water partition coefficient (Wildman–Crippen LogP) is 2.23. The summed E-state index contributed by atoms with van der Waals surface area (Å²) in [6.07, 6.45) is 2.03. The molecule has 1 aliphatic heterocycles. The van der Waals surface area contributed by atoms with Crippen LogP contribution in [0.2, 0.25) is 5.02 Å². The molecule has 1 heterocycles. The Balaban J connectivity index is 1.94. The van der Waals surface area contributed by atoms with E-state index in [1.807, 2.05) is 0 Å². The Labute approximate surface area is 130 Å². The van der Waals surface area contributed by atoms with Crippen molar-refractivity contribution in [1.82, 2.24) is 4.90 Å². The molecule has 1 aromatic rings. The van der Waals surface area contributed by atoms with Crippen molar-refractivity contribution in [2.45, 2.75) is 18.9 Å². The van der Waals surface area contributed by atoms with E-state index in [-0.39, 0.29) is 0 Å². The van der Waals surface area contributed by atoms with E-state index < -0.39 is 6.10 Å². The van der Waals surface area contributed by atoms with E-state index >= 15 is 0 Å². The Morgan fingerprint density at radius 2 is 1.90 bits per heavy atom. The Bertz CT molecular complexity index is 464. The number of methoxy groups -OCH3 is 2. The number of hydrogen-bond acceptors (Lipinski definition) is 5. The molecule has 0 bridgehead atoms. The van der Waals surface area contributed by atoms with Crippen molar-refractivity contribution < 1.29 is 14.6 Å². The summed E-state index contributed by atoms with van der Waals surface area (Å²) in [4.78, 5) is 2.28. The summed E-state index contributed by atoms with van der Waals surface area (Å²) in [5, 5.41) is 13.8. The highest BCUT2D eigenvalue weighted by molar-refractivity contribution is 6.32. The minimum Gasteiger partial charge on any atom is -0.495 e. The standard InChI is InChI=1S/C15H23ClN2O3/c1-20-14-8-13(15(21-2)7-12(14)16)17-9-11(19)10-18-5-3-4-6-18/h7-8,11,17,19H,3-6,9-10H2,1-2H3. The highest BCUT2D eigenvalue weighted by atomic mass is 35.5. The summed E-state index contributed by atoms with van der Waals surface area (Å²) in [5.41, 5.74) is 0.763. The normalized spacial score (nSPS) is 16.8. The molecular weight excluding hydrogens is 292 g/mol. The fourth-order valence-corrected chi connectivity index (χ4v) is 2.78. The van der Waals surface area contributed by atoms with E-state index in [2.05, 4.69) is 10.2 Å². The molecule has 118 valence electrons. The molecule has 0 amide bonds. The van der Waals surface area contributed by atoms with Gasteiger partial charge in [-0.1, -0.05) is 11.6 Å². The Kier molecular flexibility index (Phi) is 5.96. The Morgan fingerprint density at radius 1 is 1.24 bits per heavy atom. The highest BCUT2D eigenvalue weighted by Gasteiger charge is 2.16. The van der Waals surface area contributed by atoms with Gasteiger partial charge >= 0.3 is 0 Å². The van der Waals surface area contributed by atoms with Crippen LogP contribution in [0, 0.1) is 0 Å². The van der Waals surface area contributed by atoms with Crippen LogP contribution in [0.1, 0.15) is 12.8 Å². The molecule has 5 nitrogen and oxygen atoms in total. The number of aliphatic hydroxyl groups excluding tert-OH is 1. The lowest BCUT2D eigenvalue weighted by Gasteiger charge is -2.21. The molecule has 1 atom stereocenters. The molecule has 2 rings (SSSR count). The number of likely N-dealkylation sites (tertiary alicyclic amines) is 1. The van der Waals surface area contributed by atoms with Gasteiger partial charge in [0, 0.05) is 25.2 Å². The molecule has 0 aromatic heterocycles. The lowest BCUT2D eigenvalue weighted by Crippen LogP contribution is -2.34. The molecule has 2 N–H and O–H groups in total. The number of nitrogens with zero attached hydrogens (tertiary/aromatic N) is 1. The number of ether oxygens (including phenoxy) is 2. The number of benzene rings is 1. The summed E-state index contributed by atoms with van der Waals surface area (Å²) in [6, 6.07) is 3.49. The number of nitrogens with one attached hydrogen (secondary N) is 1. The zero-order valence-electron chi connectivity index (χ0n) is 12.6. The smallest absolute Gasteiger partial charge is 0.143 e. The number of β-amino-alcohol motifs (C(OH)–C–C–N with tert-alkyl or cyclic N) is 1. The van der Waals surface area contributed by atoms with E-state index in [1.165, 1.54) is 12.8 Å². The first-order chi connectivity index (χ1) is 10.1. The Hall–Kier alpha value is -1.17. The van der Waals surface area contributed by atoms with E-state index in [4.69, 9.17) is 21.1 Å². The van der Waals surface area contributed by atoms with Crippen molar-refractivity contribution in [2.24, 2.45) is 0 Å². The quantitative estimate of drug-likeness (QED) is 0.808. The van der Waals surface area contributed by atoms with Gasteiger partial charge in [-0.25, -0.2) is 0 Å². The van der Waals surface area contributed by atoms with Crippen LogP contribution in [0.5, 0.6) is 11.5 Å². The van der Waals surface area contributed by atoms with Gasteiger partial charge in [0.2, 0.25) is 0 Å². The van der Waals surface area contributed by atoms with Gasteiger partial charge in [-0.3, -0.25) is 0 Å². The molecule has 1 saturated heterocycles. The average Bonchev–Trinajstić information content (AvgIpc) is 2.98. The van der Waals surface area contributed by atoms with Crippen molar-refractivity contribution >= 4 is 17.3 Å². The van der Waals surface area contributed by atoms with Crippen LogP contribution in [-0.4, -0.2) is 56.5 Å². The van der Waals surface area contributed by atoms with Crippen LogP contribution in [0.4, 0.5) is 5.69 Å². The molecule has 0 radical (unpaired) electrons. The molecule has 6 heteroatoms. The number of rotatable bonds is 7. The Morgan fingerprint density at radius 3 is 2.52 bits per heavy atom.